The molecule has 0 spiro atoms. The molecule has 0 aromatic heterocycles. The Morgan fingerprint density at radius 3 is 2.36 bits per heavy atom. The summed E-state index contributed by atoms with van der Waals surface area (Å²) < 4.78 is 5.56. The largest absolute Gasteiger partial charge is 0.485 e. The fraction of sp³-hybridized carbons (Fsp3) is 0.348. The summed E-state index contributed by atoms with van der Waals surface area (Å²) in [5.41, 5.74) is 1.17. The molecule has 2 aliphatic rings. The van der Waals surface area contributed by atoms with Crippen molar-refractivity contribution in [2.45, 2.75) is 26.2 Å². The fourth-order valence-corrected chi connectivity index (χ4v) is 4.19. The van der Waals surface area contributed by atoms with Crippen LogP contribution in [0, 0.1) is 17.8 Å². The molecule has 5 nitrogen and oxygen atoms in total. The second-order valence-electron chi connectivity index (χ2n) is 7.71. The molecule has 28 heavy (non-hydrogen) atoms. The van der Waals surface area contributed by atoms with E-state index in [0.29, 0.717) is 22.9 Å². The molecule has 0 unspecified atom stereocenters. The van der Waals surface area contributed by atoms with E-state index in [4.69, 9.17) is 4.74 Å². The lowest BCUT2D eigenvalue weighted by molar-refractivity contribution is -0.122. The first-order valence-electron chi connectivity index (χ1n) is 9.73. The van der Waals surface area contributed by atoms with Crippen LogP contribution in [0.2, 0.25) is 0 Å². The van der Waals surface area contributed by atoms with Gasteiger partial charge >= 0.3 is 0 Å². The van der Waals surface area contributed by atoms with Crippen LogP contribution in [-0.4, -0.2) is 24.2 Å². The van der Waals surface area contributed by atoms with Gasteiger partial charge in [-0.1, -0.05) is 37.3 Å². The maximum Gasteiger partial charge on any atom is 0.237 e. The number of imide groups is 1. The van der Waals surface area contributed by atoms with Gasteiger partial charge in [0.25, 0.3) is 0 Å². The molecular weight excluding hydrogens is 354 g/mol. The number of fused-ring (bicyclic) bond motifs is 1. The number of amides is 2. The minimum Gasteiger partial charge on any atom is -0.485 e. The third-order valence-corrected chi connectivity index (χ3v) is 5.75. The third kappa shape index (κ3) is 3.44. The van der Waals surface area contributed by atoms with Crippen molar-refractivity contribution in [1.29, 1.82) is 0 Å². The molecule has 3 atom stereocenters. The highest BCUT2D eigenvalue weighted by atomic mass is 16.5. The first-order chi connectivity index (χ1) is 13.5. The molecule has 1 heterocycles. The van der Waals surface area contributed by atoms with Gasteiger partial charge in [0.15, 0.2) is 12.4 Å². The summed E-state index contributed by atoms with van der Waals surface area (Å²) >= 11 is 0. The van der Waals surface area contributed by atoms with Gasteiger partial charge in [0.2, 0.25) is 11.8 Å². The van der Waals surface area contributed by atoms with Gasteiger partial charge in [-0.2, -0.15) is 0 Å². The predicted molar refractivity (Wildman–Crippen MR) is 105 cm³/mol. The SMILES string of the molecule is C[C@H]1CC[C@@H]2C(=O)N(c3ccc(OCC(=O)c4ccccc4)cc3)C(=O)[C@@H]2C1. The lowest BCUT2D eigenvalue weighted by Gasteiger charge is -2.25. The molecule has 2 aromatic carbocycles. The number of ketones is 1. The van der Waals surface area contributed by atoms with E-state index in [1.165, 1.54) is 4.90 Å². The molecular formula is C23H23NO4. The van der Waals surface area contributed by atoms with Crippen LogP contribution in [0.4, 0.5) is 5.69 Å². The number of Topliss-reactive ketones (excluding diaryl/α,β-unsaturated/α-hetero) is 1. The Morgan fingerprint density at radius 1 is 0.964 bits per heavy atom. The van der Waals surface area contributed by atoms with Crippen molar-refractivity contribution in [1.82, 2.24) is 0 Å². The monoisotopic (exact) mass is 377 g/mol. The summed E-state index contributed by atoms with van der Waals surface area (Å²) in [5.74, 6) is 0.366. The lowest BCUT2D eigenvalue weighted by atomic mass is 9.76. The second-order valence-corrected chi connectivity index (χ2v) is 7.71. The van der Waals surface area contributed by atoms with E-state index in [-0.39, 0.29) is 36.0 Å². The standard InChI is InChI=1S/C23H23NO4/c1-15-7-12-19-20(13-15)23(27)24(22(19)26)17-8-10-18(11-9-17)28-14-21(25)16-5-3-2-4-6-16/h2-6,8-11,15,19-20H,7,12-14H2,1H3/t15-,19-,20+/m0/s1. The van der Waals surface area contributed by atoms with Crippen LogP contribution in [0.1, 0.15) is 36.5 Å². The molecule has 0 bridgehead atoms. The summed E-state index contributed by atoms with van der Waals surface area (Å²) in [6, 6.07) is 15.8. The van der Waals surface area contributed by atoms with Crippen molar-refractivity contribution in [3.8, 4) is 5.75 Å². The molecule has 1 saturated carbocycles. The first-order valence-corrected chi connectivity index (χ1v) is 9.73. The Bertz CT molecular complexity index is 891. The fourth-order valence-electron chi connectivity index (χ4n) is 4.19. The van der Waals surface area contributed by atoms with Gasteiger partial charge in [0.1, 0.15) is 5.75 Å². The van der Waals surface area contributed by atoms with Crippen LogP contribution in [-0.2, 0) is 9.59 Å². The molecule has 2 fully saturated rings. The quantitative estimate of drug-likeness (QED) is 0.586. The van der Waals surface area contributed by atoms with E-state index in [0.717, 1.165) is 19.3 Å². The molecule has 4 rings (SSSR count). The van der Waals surface area contributed by atoms with E-state index in [2.05, 4.69) is 6.92 Å². The third-order valence-electron chi connectivity index (χ3n) is 5.75. The Balaban J connectivity index is 1.43. The summed E-state index contributed by atoms with van der Waals surface area (Å²) in [5, 5.41) is 0. The van der Waals surface area contributed by atoms with Gasteiger partial charge in [0.05, 0.1) is 17.5 Å². The van der Waals surface area contributed by atoms with E-state index in [1.54, 1.807) is 36.4 Å². The van der Waals surface area contributed by atoms with Crippen molar-refractivity contribution < 1.29 is 19.1 Å². The zero-order valence-electron chi connectivity index (χ0n) is 15.8. The van der Waals surface area contributed by atoms with Crippen LogP contribution < -0.4 is 9.64 Å². The van der Waals surface area contributed by atoms with Crippen LogP contribution in [0.3, 0.4) is 0 Å². The second kappa shape index (κ2) is 7.58. The van der Waals surface area contributed by atoms with Crippen LogP contribution in [0.5, 0.6) is 5.75 Å². The normalized spacial score (nSPS) is 24.2. The first kappa shape index (κ1) is 18.4. The van der Waals surface area contributed by atoms with Gasteiger partial charge in [0, 0.05) is 5.56 Å². The zero-order chi connectivity index (χ0) is 19.7. The number of nitrogens with zero attached hydrogens (tertiary/aromatic N) is 1. The Hall–Kier alpha value is -2.95. The topological polar surface area (TPSA) is 63.7 Å². The van der Waals surface area contributed by atoms with Crippen molar-refractivity contribution in [2.24, 2.45) is 17.8 Å². The molecule has 5 heteroatoms. The minimum absolute atomic E-state index is 0.0625. The number of hydrogen-bond acceptors (Lipinski definition) is 4. The van der Waals surface area contributed by atoms with Crippen molar-refractivity contribution >= 4 is 23.3 Å². The molecule has 2 aromatic rings. The summed E-state index contributed by atoms with van der Waals surface area (Å²) in [7, 11) is 0. The van der Waals surface area contributed by atoms with Gasteiger partial charge in [-0.15, -0.1) is 0 Å². The number of rotatable bonds is 5. The van der Waals surface area contributed by atoms with Crippen molar-refractivity contribution in [2.75, 3.05) is 11.5 Å². The summed E-state index contributed by atoms with van der Waals surface area (Å²) in [4.78, 5) is 39.0. The number of hydrogen-bond donors (Lipinski definition) is 0. The van der Waals surface area contributed by atoms with Crippen LogP contribution in [0.25, 0.3) is 0 Å². The van der Waals surface area contributed by atoms with Gasteiger partial charge in [-0.3, -0.25) is 19.3 Å². The van der Waals surface area contributed by atoms with Crippen molar-refractivity contribution in [3.05, 3.63) is 60.2 Å². The number of anilines is 1. The molecule has 144 valence electrons. The smallest absolute Gasteiger partial charge is 0.237 e. The average Bonchev–Trinajstić information content (AvgIpc) is 2.97. The van der Waals surface area contributed by atoms with Gasteiger partial charge in [-0.05, 0) is 49.4 Å². The zero-order valence-corrected chi connectivity index (χ0v) is 15.8. The lowest BCUT2D eigenvalue weighted by Crippen LogP contribution is -2.30. The molecule has 2 amide bonds. The highest BCUT2D eigenvalue weighted by Crippen LogP contribution is 2.42. The number of benzene rings is 2. The number of carbonyl (C=O) groups is 3. The van der Waals surface area contributed by atoms with E-state index in [1.807, 2.05) is 18.2 Å². The van der Waals surface area contributed by atoms with Gasteiger partial charge in [-0.25, -0.2) is 0 Å². The highest BCUT2D eigenvalue weighted by molar-refractivity contribution is 6.22. The van der Waals surface area contributed by atoms with Crippen LogP contribution in [0.15, 0.2) is 54.6 Å². The van der Waals surface area contributed by atoms with E-state index in [9.17, 15) is 14.4 Å². The molecule has 0 N–H and O–H groups in total. The number of carbonyl (C=O) groups excluding carboxylic acids is 3. The molecule has 1 aliphatic heterocycles. The minimum atomic E-state index is -0.185. The molecule has 1 aliphatic carbocycles. The Labute approximate surface area is 164 Å². The highest BCUT2D eigenvalue weighted by Gasteiger charge is 2.49. The van der Waals surface area contributed by atoms with E-state index < -0.39 is 0 Å². The summed E-state index contributed by atoms with van der Waals surface area (Å²) in [6.45, 7) is 2.08. The Kier molecular flexibility index (Phi) is 4.99. The maximum atomic E-state index is 12.8. The van der Waals surface area contributed by atoms with Crippen molar-refractivity contribution in [3.63, 3.8) is 0 Å². The molecule has 0 radical (unpaired) electrons. The van der Waals surface area contributed by atoms with E-state index >= 15 is 0 Å². The predicted octanol–water partition coefficient (Wildman–Crippen LogP) is 3.87. The van der Waals surface area contributed by atoms with Gasteiger partial charge < -0.3 is 4.74 Å². The number of ether oxygens (including phenoxy) is 1. The average molecular weight is 377 g/mol. The van der Waals surface area contributed by atoms with Crippen LogP contribution >= 0.6 is 0 Å². The molecule has 1 saturated heterocycles. The maximum absolute atomic E-state index is 12.8. The Morgan fingerprint density at radius 2 is 1.64 bits per heavy atom. The summed E-state index contributed by atoms with van der Waals surface area (Å²) in [6.07, 6.45) is 2.57.